The summed E-state index contributed by atoms with van der Waals surface area (Å²) in [6.45, 7) is 1.05. The van der Waals surface area contributed by atoms with Crippen LogP contribution in [0, 0.1) is 0 Å². The van der Waals surface area contributed by atoms with Gasteiger partial charge in [0.25, 0.3) is 5.56 Å². The van der Waals surface area contributed by atoms with Gasteiger partial charge in [-0.2, -0.15) is 13.2 Å². The second-order valence-corrected chi connectivity index (χ2v) is 7.41. The smallest absolute Gasteiger partial charge is 0.323 e. The number of halogens is 3. The van der Waals surface area contributed by atoms with Crippen molar-refractivity contribution >= 4 is 34.4 Å². The molecule has 1 aliphatic heterocycles. The van der Waals surface area contributed by atoms with Crippen molar-refractivity contribution in [1.82, 2.24) is 18.7 Å². The zero-order valence-corrected chi connectivity index (χ0v) is 17.1. The highest BCUT2D eigenvalue weighted by molar-refractivity contribution is 6.11. The summed E-state index contributed by atoms with van der Waals surface area (Å²) in [5, 5.41) is 2.35. The quantitative estimate of drug-likeness (QED) is 0.626. The van der Waals surface area contributed by atoms with Gasteiger partial charge in [-0.15, -0.1) is 0 Å². The number of hydrogen-bond acceptors (Lipinski definition) is 5. The van der Waals surface area contributed by atoms with Gasteiger partial charge >= 0.3 is 11.9 Å². The van der Waals surface area contributed by atoms with Crippen molar-refractivity contribution in [2.24, 2.45) is 14.1 Å². The van der Waals surface area contributed by atoms with Crippen LogP contribution >= 0.6 is 0 Å². The number of anilines is 2. The summed E-state index contributed by atoms with van der Waals surface area (Å²) in [5.41, 5.74) is -2.19. The predicted molar refractivity (Wildman–Crippen MR) is 107 cm³/mol. The second kappa shape index (κ2) is 7.07. The summed E-state index contributed by atoms with van der Waals surface area (Å²) in [7, 11) is 2.72. The molecule has 0 bridgehead atoms. The number of amides is 2. The molecule has 0 saturated heterocycles. The van der Waals surface area contributed by atoms with Crippen LogP contribution in [0.3, 0.4) is 0 Å². The molecule has 0 fully saturated rings. The zero-order chi connectivity index (χ0) is 23.5. The van der Waals surface area contributed by atoms with Gasteiger partial charge in [-0.25, -0.2) is 9.78 Å². The molecule has 168 valence electrons. The number of alkyl halides is 3. The Hall–Kier alpha value is -3.90. The largest absolute Gasteiger partial charge is 0.416 e. The lowest BCUT2D eigenvalue weighted by Gasteiger charge is -2.32. The summed E-state index contributed by atoms with van der Waals surface area (Å²) in [6.07, 6.45) is -3.39. The number of carbonyl (C=O) groups is 2. The fraction of sp³-hybridized carbons (Fsp3) is 0.316. The Bertz CT molecular complexity index is 1400. The maximum Gasteiger partial charge on any atom is 0.416 e. The lowest BCUT2D eigenvalue weighted by Crippen LogP contribution is -2.45. The third-order valence-corrected chi connectivity index (χ3v) is 5.40. The standard InChI is InChI=1S/C19H17F3N6O4/c1-9(28-8-23-15-14(28)17(31)26(3)18(32)25(15)2)16(30)27-7-13(29)24-11-6-10(19(20,21)22)4-5-12(11)27/h4-6,8-9H,7H2,1-3H3,(H,24,29). The molecular weight excluding hydrogens is 433 g/mol. The van der Waals surface area contributed by atoms with Gasteiger partial charge in [-0.1, -0.05) is 0 Å². The van der Waals surface area contributed by atoms with Crippen LogP contribution in [-0.4, -0.2) is 37.0 Å². The number of nitrogens with zero attached hydrogens (tertiary/aromatic N) is 5. The first kappa shape index (κ1) is 21.3. The summed E-state index contributed by atoms with van der Waals surface area (Å²) < 4.78 is 42.4. The maximum atomic E-state index is 13.3. The topological polar surface area (TPSA) is 111 Å². The molecule has 1 aliphatic rings. The van der Waals surface area contributed by atoms with E-state index in [0.717, 1.165) is 32.2 Å². The third kappa shape index (κ3) is 3.16. The lowest BCUT2D eigenvalue weighted by molar-refractivity contribution is -0.137. The zero-order valence-electron chi connectivity index (χ0n) is 17.1. The number of rotatable bonds is 2. The molecule has 1 aromatic carbocycles. The predicted octanol–water partition coefficient (Wildman–Crippen LogP) is 0.999. The molecule has 0 radical (unpaired) electrons. The molecule has 0 saturated carbocycles. The minimum absolute atomic E-state index is 0.00422. The Morgan fingerprint density at radius 1 is 1.16 bits per heavy atom. The monoisotopic (exact) mass is 450 g/mol. The van der Waals surface area contributed by atoms with E-state index in [0.29, 0.717) is 0 Å². The Morgan fingerprint density at radius 3 is 2.50 bits per heavy atom. The summed E-state index contributed by atoms with van der Waals surface area (Å²) in [6, 6.07) is 1.64. The van der Waals surface area contributed by atoms with Crippen LogP contribution in [0.2, 0.25) is 0 Å². The van der Waals surface area contributed by atoms with Gasteiger partial charge in [-0.05, 0) is 25.1 Å². The molecule has 2 aromatic heterocycles. The Kier molecular flexibility index (Phi) is 4.71. The van der Waals surface area contributed by atoms with Crippen LogP contribution < -0.4 is 21.5 Å². The molecular formula is C19H17F3N6O4. The third-order valence-electron chi connectivity index (χ3n) is 5.40. The minimum atomic E-state index is -4.62. The van der Waals surface area contributed by atoms with Crippen LogP contribution in [0.4, 0.5) is 24.5 Å². The van der Waals surface area contributed by atoms with Crippen molar-refractivity contribution in [3.63, 3.8) is 0 Å². The van der Waals surface area contributed by atoms with Crippen LogP contribution in [-0.2, 0) is 29.9 Å². The number of hydrogen-bond donors (Lipinski definition) is 1. The van der Waals surface area contributed by atoms with Crippen molar-refractivity contribution in [2.45, 2.75) is 19.1 Å². The van der Waals surface area contributed by atoms with E-state index in [9.17, 15) is 32.3 Å². The van der Waals surface area contributed by atoms with Gasteiger partial charge in [0.15, 0.2) is 11.2 Å². The Labute approximate surface area is 177 Å². The Balaban J connectivity index is 1.79. The van der Waals surface area contributed by atoms with Gasteiger partial charge in [-0.3, -0.25) is 28.4 Å². The van der Waals surface area contributed by atoms with Crippen molar-refractivity contribution in [2.75, 3.05) is 16.8 Å². The first-order chi connectivity index (χ1) is 14.9. The Morgan fingerprint density at radius 2 is 1.84 bits per heavy atom. The van der Waals surface area contributed by atoms with Crippen molar-refractivity contribution in [3.05, 3.63) is 50.9 Å². The van der Waals surface area contributed by atoms with Crippen LogP contribution in [0.15, 0.2) is 34.1 Å². The van der Waals surface area contributed by atoms with Crippen molar-refractivity contribution < 1.29 is 22.8 Å². The molecule has 10 nitrogen and oxygen atoms in total. The first-order valence-electron chi connectivity index (χ1n) is 9.37. The number of fused-ring (bicyclic) bond motifs is 2. The second-order valence-electron chi connectivity index (χ2n) is 7.41. The molecule has 3 aromatic rings. The van der Waals surface area contributed by atoms with Crippen LogP contribution in [0.25, 0.3) is 11.2 Å². The molecule has 1 N–H and O–H groups in total. The van der Waals surface area contributed by atoms with Gasteiger partial charge < -0.3 is 9.88 Å². The number of aromatic nitrogens is 4. The average molecular weight is 450 g/mol. The van der Waals surface area contributed by atoms with E-state index in [2.05, 4.69) is 10.3 Å². The normalized spacial score (nSPS) is 14.9. The molecule has 1 unspecified atom stereocenters. The van der Waals surface area contributed by atoms with Crippen molar-refractivity contribution in [3.8, 4) is 0 Å². The summed E-state index contributed by atoms with van der Waals surface area (Å²) in [5.74, 6) is -1.30. The molecule has 0 spiro atoms. The fourth-order valence-corrected chi connectivity index (χ4v) is 3.67. The van der Waals surface area contributed by atoms with Gasteiger partial charge in [0, 0.05) is 14.1 Å². The van der Waals surface area contributed by atoms with E-state index in [1.54, 1.807) is 0 Å². The van der Waals surface area contributed by atoms with E-state index in [1.165, 1.54) is 31.9 Å². The number of benzene rings is 1. The van der Waals surface area contributed by atoms with Crippen LogP contribution in [0.5, 0.6) is 0 Å². The number of aryl methyl sites for hydroxylation is 1. The number of imidazole rings is 1. The van der Waals surface area contributed by atoms with E-state index in [-0.39, 0.29) is 22.5 Å². The van der Waals surface area contributed by atoms with Crippen molar-refractivity contribution in [1.29, 1.82) is 0 Å². The molecule has 13 heteroatoms. The lowest BCUT2D eigenvalue weighted by atomic mass is 10.1. The average Bonchev–Trinajstić information content (AvgIpc) is 3.18. The fourth-order valence-electron chi connectivity index (χ4n) is 3.67. The molecule has 1 atom stereocenters. The van der Waals surface area contributed by atoms with E-state index < -0.39 is 47.4 Å². The van der Waals surface area contributed by atoms with E-state index >= 15 is 0 Å². The van der Waals surface area contributed by atoms with Gasteiger partial charge in [0.1, 0.15) is 12.6 Å². The highest BCUT2D eigenvalue weighted by Gasteiger charge is 2.35. The minimum Gasteiger partial charge on any atom is -0.323 e. The van der Waals surface area contributed by atoms with Gasteiger partial charge in [0.2, 0.25) is 11.8 Å². The molecule has 32 heavy (non-hydrogen) atoms. The number of carbonyl (C=O) groups excluding carboxylic acids is 2. The maximum absolute atomic E-state index is 13.3. The van der Waals surface area contributed by atoms with E-state index in [4.69, 9.17) is 0 Å². The SMILES string of the molecule is CC(C(=O)N1CC(=O)Nc2cc(C(F)(F)F)ccc21)n1cnc2c1c(=O)n(C)c(=O)n2C. The molecule has 0 aliphatic carbocycles. The van der Waals surface area contributed by atoms with E-state index in [1.807, 2.05) is 0 Å². The molecule has 2 amide bonds. The summed E-state index contributed by atoms with van der Waals surface area (Å²) >= 11 is 0. The first-order valence-corrected chi connectivity index (χ1v) is 9.37. The summed E-state index contributed by atoms with van der Waals surface area (Å²) in [4.78, 5) is 55.3. The highest BCUT2D eigenvalue weighted by Crippen LogP contribution is 2.37. The molecule has 3 heterocycles. The van der Waals surface area contributed by atoms with Gasteiger partial charge in [0.05, 0.1) is 23.3 Å². The van der Waals surface area contributed by atoms with Crippen LogP contribution in [0.1, 0.15) is 18.5 Å². The number of nitrogens with one attached hydrogen (secondary N) is 1. The highest BCUT2D eigenvalue weighted by atomic mass is 19.4. The molecule has 4 rings (SSSR count).